The fraction of sp³-hybridized carbons (Fsp3) is 0.167. The van der Waals surface area contributed by atoms with Gasteiger partial charge in [-0.05, 0) is 48.0 Å². The highest BCUT2D eigenvalue weighted by molar-refractivity contribution is 6.08. The standard InChI is InChI=1S/C24H21NO5/c1-28-17-11-7-15(8-12-17)21(22-19-5-3-4-6-20(19)30-24(22)26)23(25-27)16-9-13-18(29-2)14-10-16/h3-14,21-22,27H,1-2H3/b25-23+/t21-,22-/m1/s1. The number of methoxy groups -OCH3 is 2. The van der Waals surface area contributed by atoms with E-state index in [1.807, 2.05) is 42.5 Å². The molecule has 3 aromatic carbocycles. The first kappa shape index (κ1) is 19.5. The Hall–Kier alpha value is -3.80. The average molecular weight is 403 g/mol. The number of carbonyl (C=O) groups excluding carboxylic acids is 1. The molecule has 1 N–H and O–H groups in total. The monoisotopic (exact) mass is 403 g/mol. The third-order valence-electron chi connectivity index (χ3n) is 5.31. The summed E-state index contributed by atoms with van der Waals surface area (Å²) >= 11 is 0. The maximum absolute atomic E-state index is 12.9. The number of carbonyl (C=O) groups is 1. The van der Waals surface area contributed by atoms with E-state index >= 15 is 0 Å². The summed E-state index contributed by atoms with van der Waals surface area (Å²) in [6.45, 7) is 0. The van der Waals surface area contributed by atoms with E-state index in [-0.39, 0.29) is 5.97 Å². The summed E-state index contributed by atoms with van der Waals surface area (Å²) in [6.07, 6.45) is 0. The minimum absolute atomic E-state index is 0.362. The van der Waals surface area contributed by atoms with Crippen LogP contribution in [-0.2, 0) is 4.79 Å². The lowest BCUT2D eigenvalue weighted by Crippen LogP contribution is -2.26. The lowest BCUT2D eigenvalue weighted by atomic mass is 9.77. The minimum atomic E-state index is -0.650. The number of hydrogen-bond acceptors (Lipinski definition) is 6. The maximum atomic E-state index is 12.9. The molecule has 1 aliphatic heterocycles. The molecule has 0 bridgehead atoms. The molecule has 0 aliphatic carbocycles. The Kier molecular flexibility index (Phi) is 5.39. The molecule has 0 saturated carbocycles. The van der Waals surface area contributed by atoms with Gasteiger partial charge in [0.05, 0.1) is 25.8 Å². The average Bonchev–Trinajstić information content (AvgIpc) is 3.13. The predicted molar refractivity (Wildman–Crippen MR) is 112 cm³/mol. The minimum Gasteiger partial charge on any atom is -0.497 e. The second-order valence-corrected chi connectivity index (χ2v) is 6.90. The summed E-state index contributed by atoms with van der Waals surface area (Å²) in [7, 11) is 3.18. The smallest absolute Gasteiger partial charge is 0.320 e. The van der Waals surface area contributed by atoms with Gasteiger partial charge in [0.25, 0.3) is 0 Å². The third kappa shape index (κ3) is 3.48. The van der Waals surface area contributed by atoms with Gasteiger partial charge in [0.2, 0.25) is 0 Å². The molecule has 0 fully saturated rings. The highest BCUT2D eigenvalue weighted by Gasteiger charge is 2.42. The molecule has 0 spiro atoms. The number of fused-ring (bicyclic) bond motifs is 1. The Morgan fingerprint density at radius 2 is 1.53 bits per heavy atom. The van der Waals surface area contributed by atoms with E-state index in [4.69, 9.17) is 14.2 Å². The summed E-state index contributed by atoms with van der Waals surface area (Å²) < 4.78 is 16.0. The summed E-state index contributed by atoms with van der Waals surface area (Å²) in [6, 6.07) is 21.9. The second-order valence-electron chi connectivity index (χ2n) is 6.90. The molecule has 6 heteroatoms. The molecule has 0 saturated heterocycles. The van der Waals surface area contributed by atoms with E-state index in [1.54, 1.807) is 44.6 Å². The molecule has 30 heavy (non-hydrogen) atoms. The predicted octanol–water partition coefficient (Wildman–Crippen LogP) is 4.37. The van der Waals surface area contributed by atoms with E-state index in [9.17, 15) is 10.0 Å². The van der Waals surface area contributed by atoms with Gasteiger partial charge in [0.15, 0.2) is 0 Å². The Labute approximate surface area is 174 Å². The van der Waals surface area contributed by atoms with Crippen LogP contribution < -0.4 is 14.2 Å². The van der Waals surface area contributed by atoms with Gasteiger partial charge in [-0.3, -0.25) is 4.79 Å². The second kappa shape index (κ2) is 8.29. The molecule has 0 radical (unpaired) electrons. The van der Waals surface area contributed by atoms with Crippen molar-refractivity contribution < 1.29 is 24.2 Å². The van der Waals surface area contributed by atoms with Crippen LogP contribution in [0.2, 0.25) is 0 Å². The Morgan fingerprint density at radius 1 is 0.933 bits per heavy atom. The van der Waals surface area contributed by atoms with E-state index in [0.29, 0.717) is 28.5 Å². The summed E-state index contributed by atoms with van der Waals surface area (Å²) in [5, 5.41) is 13.6. The van der Waals surface area contributed by atoms with Gasteiger partial charge in [0.1, 0.15) is 17.2 Å². The number of rotatable bonds is 6. The zero-order valence-electron chi connectivity index (χ0n) is 16.6. The highest BCUT2D eigenvalue weighted by atomic mass is 16.5. The molecule has 0 amide bonds. The molecule has 0 aromatic heterocycles. The normalized spacial score (nSPS) is 16.5. The molecule has 3 aromatic rings. The molecule has 2 atom stereocenters. The maximum Gasteiger partial charge on any atom is 0.320 e. The number of hydrogen-bond donors (Lipinski definition) is 1. The highest BCUT2D eigenvalue weighted by Crippen LogP contribution is 2.45. The SMILES string of the molecule is COc1ccc(/C(=N\O)[C@H](c2ccc(OC)cc2)[C@@H]2C(=O)Oc3ccccc32)cc1. The van der Waals surface area contributed by atoms with Crippen molar-refractivity contribution >= 4 is 11.7 Å². The molecule has 0 unspecified atom stereocenters. The Balaban J connectivity index is 1.85. The van der Waals surface area contributed by atoms with Crippen molar-refractivity contribution in [3.8, 4) is 17.2 Å². The lowest BCUT2D eigenvalue weighted by molar-refractivity contribution is -0.134. The number of para-hydroxylation sites is 1. The first-order valence-electron chi connectivity index (χ1n) is 9.47. The van der Waals surface area contributed by atoms with Gasteiger partial charge < -0.3 is 19.4 Å². The number of esters is 1. The van der Waals surface area contributed by atoms with Gasteiger partial charge in [-0.1, -0.05) is 35.5 Å². The fourth-order valence-corrected chi connectivity index (χ4v) is 3.83. The first-order valence-corrected chi connectivity index (χ1v) is 9.47. The van der Waals surface area contributed by atoms with Crippen molar-refractivity contribution in [3.63, 3.8) is 0 Å². The van der Waals surface area contributed by atoms with Crippen LogP contribution in [-0.4, -0.2) is 31.1 Å². The fourth-order valence-electron chi connectivity index (χ4n) is 3.83. The van der Waals surface area contributed by atoms with Gasteiger partial charge in [0, 0.05) is 17.0 Å². The lowest BCUT2D eigenvalue weighted by Gasteiger charge is -2.23. The van der Waals surface area contributed by atoms with E-state index in [1.165, 1.54) is 0 Å². The zero-order valence-corrected chi connectivity index (χ0v) is 16.6. The molecule has 6 nitrogen and oxygen atoms in total. The van der Waals surface area contributed by atoms with Crippen LogP contribution in [0.15, 0.2) is 78.0 Å². The summed E-state index contributed by atoms with van der Waals surface area (Å²) in [4.78, 5) is 12.9. The van der Waals surface area contributed by atoms with Gasteiger partial charge >= 0.3 is 5.97 Å². The number of benzene rings is 3. The van der Waals surface area contributed by atoms with Crippen molar-refractivity contribution in [3.05, 3.63) is 89.5 Å². The van der Waals surface area contributed by atoms with Crippen LogP contribution in [0.5, 0.6) is 17.2 Å². The van der Waals surface area contributed by atoms with Crippen LogP contribution in [0.25, 0.3) is 0 Å². The molecule has 152 valence electrons. The number of oxime groups is 1. The molecular formula is C24H21NO5. The molecule has 1 heterocycles. The van der Waals surface area contributed by atoms with E-state index < -0.39 is 11.8 Å². The molecule has 4 rings (SSSR count). The quantitative estimate of drug-likeness (QED) is 0.217. The van der Waals surface area contributed by atoms with Crippen molar-refractivity contribution in [2.75, 3.05) is 14.2 Å². The van der Waals surface area contributed by atoms with E-state index in [0.717, 1.165) is 11.1 Å². The van der Waals surface area contributed by atoms with Gasteiger partial charge in [-0.25, -0.2) is 0 Å². The topological polar surface area (TPSA) is 77.4 Å². The van der Waals surface area contributed by atoms with Gasteiger partial charge in [-0.2, -0.15) is 0 Å². The van der Waals surface area contributed by atoms with Crippen LogP contribution in [0.4, 0.5) is 0 Å². The Bertz CT molecular complexity index is 1070. The molecular weight excluding hydrogens is 382 g/mol. The number of ether oxygens (including phenoxy) is 3. The van der Waals surface area contributed by atoms with Crippen LogP contribution in [0, 0.1) is 0 Å². The van der Waals surface area contributed by atoms with Crippen LogP contribution >= 0.6 is 0 Å². The van der Waals surface area contributed by atoms with Crippen LogP contribution in [0.1, 0.15) is 28.5 Å². The Morgan fingerprint density at radius 3 is 2.13 bits per heavy atom. The van der Waals surface area contributed by atoms with Crippen molar-refractivity contribution in [1.29, 1.82) is 0 Å². The van der Waals surface area contributed by atoms with Crippen molar-refractivity contribution in [1.82, 2.24) is 0 Å². The third-order valence-corrected chi connectivity index (χ3v) is 5.31. The number of nitrogens with zero attached hydrogens (tertiary/aromatic N) is 1. The zero-order chi connectivity index (χ0) is 21.1. The van der Waals surface area contributed by atoms with E-state index in [2.05, 4.69) is 5.16 Å². The van der Waals surface area contributed by atoms with Crippen molar-refractivity contribution in [2.24, 2.45) is 5.16 Å². The van der Waals surface area contributed by atoms with Crippen LogP contribution in [0.3, 0.4) is 0 Å². The largest absolute Gasteiger partial charge is 0.497 e. The summed E-state index contributed by atoms with van der Waals surface area (Å²) in [5.41, 5.74) is 2.61. The molecule has 1 aliphatic rings. The van der Waals surface area contributed by atoms with Gasteiger partial charge in [-0.15, -0.1) is 0 Å². The summed E-state index contributed by atoms with van der Waals surface area (Å²) in [5.74, 6) is 0.305. The van der Waals surface area contributed by atoms with Crippen molar-refractivity contribution in [2.45, 2.75) is 11.8 Å². The first-order chi connectivity index (χ1) is 14.7.